The first-order valence-electron chi connectivity index (χ1n) is 12.6. The Hall–Kier alpha value is -4.33. The van der Waals surface area contributed by atoms with Crippen molar-refractivity contribution in [2.24, 2.45) is 0 Å². The minimum atomic E-state index is -0.666. The molecule has 1 atom stereocenters. The number of piperazine rings is 1. The Balaban J connectivity index is 1.57. The standard InChI is InChI=1S/C30H32N4O4/c1-5-18-38-30(37)25-21(3)31-22(4)32-27(25)29(36)33-16-17-34(20(2)19-33)28(35)26(23-12-8-6-9-13-23)24-14-10-7-11-15-24/h5-15,20,26H,1,16-19H2,2-4H3. The number of aromatic nitrogens is 2. The minimum Gasteiger partial charge on any atom is -0.458 e. The summed E-state index contributed by atoms with van der Waals surface area (Å²) in [5.74, 6) is -1.11. The van der Waals surface area contributed by atoms with E-state index in [0.717, 1.165) is 11.1 Å². The van der Waals surface area contributed by atoms with Crippen molar-refractivity contribution in [2.45, 2.75) is 32.7 Å². The molecule has 8 heteroatoms. The number of carbonyl (C=O) groups is 3. The van der Waals surface area contributed by atoms with Crippen LogP contribution in [0.25, 0.3) is 0 Å². The van der Waals surface area contributed by atoms with Crippen LogP contribution in [0, 0.1) is 13.8 Å². The first kappa shape index (κ1) is 26.7. The number of ether oxygens (including phenoxy) is 1. The van der Waals surface area contributed by atoms with Crippen LogP contribution in [0.15, 0.2) is 73.3 Å². The van der Waals surface area contributed by atoms with Gasteiger partial charge in [0.25, 0.3) is 5.91 Å². The van der Waals surface area contributed by atoms with Crippen molar-refractivity contribution in [1.29, 1.82) is 0 Å². The number of aryl methyl sites for hydroxylation is 2. The summed E-state index contributed by atoms with van der Waals surface area (Å²) in [5, 5.41) is 0. The summed E-state index contributed by atoms with van der Waals surface area (Å²) in [4.78, 5) is 52.3. The van der Waals surface area contributed by atoms with Crippen LogP contribution in [0.4, 0.5) is 0 Å². The molecule has 1 unspecified atom stereocenters. The van der Waals surface area contributed by atoms with Gasteiger partial charge in [0.1, 0.15) is 23.7 Å². The molecule has 0 radical (unpaired) electrons. The minimum absolute atomic E-state index is 0.00980. The number of amides is 2. The lowest BCUT2D eigenvalue weighted by Crippen LogP contribution is -2.56. The largest absolute Gasteiger partial charge is 0.458 e. The zero-order chi connectivity index (χ0) is 27.2. The lowest BCUT2D eigenvalue weighted by Gasteiger charge is -2.41. The van der Waals surface area contributed by atoms with Gasteiger partial charge in [-0.15, -0.1) is 0 Å². The Morgan fingerprint density at radius 3 is 2.16 bits per heavy atom. The lowest BCUT2D eigenvalue weighted by atomic mass is 9.89. The summed E-state index contributed by atoms with van der Waals surface area (Å²) in [6.45, 7) is 9.82. The van der Waals surface area contributed by atoms with Crippen LogP contribution in [0.5, 0.6) is 0 Å². The van der Waals surface area contributed by atoms with Crippen LogP contribution in [-0.2, 0) is 9.53 Å². The van der Waals surface area contributed by atoms with E-state index >= 15 is 0 Å². The summed E-state index contributed by atoms with van der Waals surface area (Å²) in [6.07, 6.45) is 1.46. The molecular formula is C30H32N4O4. The number of hydrogen-bond donors (Lipinski definition) is 0. The van der Waals surface area contributed by atoms with Gasteiger partial charge < -0.3 is 14.5 Å². The zero-order valence-electron chi connectivity index (χ0n) is 22.0. The molecule has 0 aliphatic carbocycles. The van der Waals surface area contributed by atoms with Gasteiger partial charge in [0, 0.05) is 25.7 Å². The average Bonchev–Trinajstić information content (AvgIpc) is 2.92. The van der Waals surface area contributed by atoms with Gasteiger partial charge in [-0.1, -0.05) is 73.3 Å². The Kier molecular flexibility index (Phi) is 8.31. The van der Waals surface area contributed by atoms with E-state index in [9.17, 15) is 14.4 Å². The molecular weight excluding hydrogens is 480 g/mol. The molecule has 0 saturated carbocycles. The SMILES string of the molecule is C=CCOC(=O)c1c(C)nc(C)nc1C(=O)N1CCN(C(=O)C(c2ccccc2)c2ccccc2)C(C)C1. The van der Waals surface area contributed by atoms with Gasteiger partial charge in [-0.2, -0.15) is 0 Å². The van der Waals surface area contributed by atoms with E-state index in [-0.39, 0.29) is 35.7 Å². The second-order valence-corrected chi connectivity index (χ2v) is 9.35. The Labute approximate surface area is 223 Å². The zero-order valence-corrected chi connectivity index (χ0v) is 22.0. The fourth-order valence-corrected chi connectivity index (χ4v) is 4.87. The molecule has 38 heavy (non-hydrogen) atoms. The van der Waals surface area contributed by atoms with Crippen LogP contribution in [-0.4, -0.2) is 69.8 Å². The molecule has 2 amide bonds. The fourth-order valence-electron chi connectivity index (χ4n) is 4.87. The third-order valence-corrected chi connectivity index (χ3v) is 6.65. The van der Waals surface area contributed by atoms with Crippen molar-refractivity contribution >= 4 is 17.8 Å². The van der Waals surface area contributed by atoms with E-state index < -0.39 is 11.9 Å². The van der Waals surface area contributed by atoms with Crippen molar-refractivity contribution in [2.75, 3.05) is 26.2 Å². The number of carbonyl (C=O) groups excluding carboxylic acids is 3. The highest BCUT2D eigenvalue weighted by Gasteiger charge is 2.36. The number of benzene rings is 2. The van der Waals surface area contributed by atoms with Crippen molar-refractivity contribution in [3.8, 4) is 0 Å². The highest BCUT2D eigenvalue weighted by Crippen LogP contribution is 2.29. The van der Waals surface area contributed by atoms with Crippen LogP contribution in [0.2, 0.25) is 0 Å². The predicted molar refractivity (Wildman–Crippen MR) is 144 cm³/mol. The van der Waals surface area contributed by atoms with Crippen LogP contribution in [0.3, 0.4) is 0 Å². The molecule has 1 aromatic heterocycles. The third kappa shape index (κ3) is 5.64. The molecule has 1 saturated heterocycles. The Morgan fingerprint density at radius 1 is 1.00 bits per heavy atom. The van der Waals surface area contributed by atoms with Crippen molar-refractivity contribution < 1.29 is 19.1 Å². The molecule has 3 aromatic rings. The first-order valence-corrected chi connectivity index (χ1v) is 12.6. The van der Waals surface area contributed by atoms with Crippen LogP contribution < -0.4 is 0 Å². The van der Waals surface area contributed by atoms with E-state index in [4.69, 9.17) is 4.74 Å². The van der Waals surface area contributed by atoms with Gasteiger partial charge in [0.2, 0.25) is 5.91 Å². The molecule has 8 nitrogen and oxygen atoms in total. The quantitative estimate of drug-likeness (QED) is 0.352. The number of hydrogen-bond acceptors (Lipinski definition) is 6. The van der Waals surface area contributed by atoms with Crippen LogP contribution >= 0.6 is 0 Å². The second kappa shape index (κ2) is 11.8. The summed E-state index contributed by atoms with van der Waals surface area (Å²) in [6, 6.07) is 19.2. The highest BCUT2D eigenvalue weighted by atomic mass is 16.5. The first-order chi connectivity index (χ1) is 18.3. The van der Waals surface area contributed by atoms with E-state index in [0.29, 0.717) is 31.2 Å². The Bertz CT molecular complexity index is 1290. The van der Waals surface area contributed by atoms with E-state index in [1.807, 2.05) is 72.5 Å². The predicted octanol–water partition coefficient (Wildman–Crippen LogP) is 3.94. The maximum Gasteiger partial charge on any atom is 0.342 e. The number of nitrogens with zero attached hydrogens (tertiary/aromatic N) is 4. The summed E-state index contributed by atoms with van der Waals surface area (Å²) >= 11 is 0. The molecule has 1 aliphatic rings. The summed E-state index contributed by atoms with van der Waals surface area (Å²) in [7, 11) is 0. The number of esters is 1. The number of rotatable bonds is 7. The second-order valence-electron chi connectivity index (χ2n) is 9.35. The monoisotopic (exact) mass is 512 g/mol. The molecule has 0 spiro atoms. The van der Waals surface area contributed by atoms with Crippen LogP contribution in [0.1, 0.15) is 56.3 Å². The molecule has 0 N–H and O–H groups in total. The van der Waals surface area contributed by atoms with Gasteiger partial charge in [-0.25, -0.2) is 14.8 Å². The average molecular weight is 513 g/mol. The van der Waals surface area contributed by atoms with Gasteiger partial charge in [-0.3, -0.25) is 9.59 Å². The van der Waals surface area contributed by atoms with E-state index in [1.54, 1.807) is 18.7 Å². The molecule has 1 aliphatic heterocycles. The normalized spacial score (nSPS) is 15.3. The van der Waals surface area contributed by atoms with Crippen molar-refractivity contribution in [3.63, 3.8) is 0 Å². The van der Waals surface area contributed by atoms with Gasteiger partial charge >= 0.3 is 5.97 Å². The fraction of sp³-hybridized carbons (Fsp3) is 0.300. The Morgan fingerprint density at radius 2 is 1.61 bits per heavy atom. The smallest absolute Gasteiger partial charge is 0.342 e. The maximum absolute atomic E-state index is 13.9. The van der Waals surface area contributed by atoms with Gasteiger partial charge in [0.15, 0.2) is 0 Å². The third-order valence-electron chi connectivity index (χ3n) is 6.65. The maximum atomic E-state index is 13.9. The molecule has 196 valence electrons. The topological polar surface area (TPSA) is 92.7 Å². The van der Waals surface area contributed by atoms with E-state index in [2.05, 4.69) is 16.5 Å². The van der Waals surface area contributed by atoms with Gasteiger partial charge in [0.05, 0.1) is 11.6 Å². The highest BCUT2D eigenvalue weighted by molar-refractivity contribution is 6.04. The van der Waals surface area contributed by atoms with E-state index in [1.165, 1.54) is 6.08 Å². The molecule has 1 fully saturated rings. The molecule has 2 aromatic carbocycles. The van der Waals surface area contributed by atoms with Gasteiger partial charge in [-0.05, 0) is 31.9 Å². The van der Waals surface area contributed by atoms with Crippen molar-refractivity contribution in [1.82, 2.24) is 19.8 Å². The van der Waals surface area contributed by atoms with Crippen molar-refractivity contribution in [3.05, 3.63) is 107 Å². The molecule has 2 heterocycles. The summed E-state index contributed by atoms with van der Waals surface area (Å²) < 4.78 is 5.20. The molecule has 0 bridgehead atoms. The summed E-state index contributed by atoms with van der Waals surface area (Å²) in [5.41, 5.74) is 2.29. The molecule has 4 rings (SSSR count). The lowest BCUT2D eigenvalue weighted by molar-refractivity contribution is -0.136.